The molecule has 0 spiro atoms. The highest BCUT2D eigenvalue weighted by atomic mass is 16.4. The van der Waals surface area contributed by atoms with Crippen LogP contribution >= 0.6 is 0 Å². The molecule has 2 rings (SSSR count). The first-order valence-electron chi connectivity index (χ1n) is 4.21. The standard InChI is InChI=1S/C7H10N4O2/c12-7(13)5-1-4(2-5)3-6-8-10-11-9-6/h4-5H,1-3H2,(H,12,13)(H,8,9,10,11). The number of nitrogens with zero attached hydrogens (tertiary/aromatic N) is 3. The third kappa shape index (κ3) is 1.66. The lowest BCUT2D eigenvalue weighted by molar-refractivity contribution is -0.146. The summed E-state index contributed by atoms with van der Waals surface area (Å²) in [6.07, 6.45) is 2.22. The zero-order valence-electron chi connectivity index (χ0n) is 6.97. The molecule has 0 aromatic carbocycles. The van der Waals surface area contributed by atoms with Crippen molar-refractivity contribution in [3.05, 3.63) is 5.82 Å². The molecule has 1 saturated carbocycles. The average molecular weight is 182 g/mol. The Morgan fingerprint density at radius 2 is 2.38 bits per heavy atom. The van der Waals surface area contributed by atoms with Gasteiger partial charge in [-0.3, -0.25) is 4.79 Å². The van der Waals surface area contributed by atoms with Gasteiger partial charge in [-0.15, -0.1) is 10.2 Å². The maximum absolute atomic E-state index is 10.5. The first-order chi connectivity index (χ1) is 6.25. The van der Waals surface area contributed by atoms with Gasteiger partial charge in [0.15, 0.2) is 5.82 Å². The maximum atomic E-state index is 10.5. The summed E-state index contributed by atoms with van der Waals surface area (Å²) >= 11 is 0. The Bertz CT molecular complexity index is 291. The molecule has 6 heteroatoms. The quantitative estimate of drug-likeness (QED) is 0.678. The smallest absolute Gasteiger partial charge is 0.306 e. The number of nitrogens with one attached hydrogen (secondary N) is 1. The second kappa shape index (κ2) is 3.12. The Balaban J connectivity index is 1.79. The molecule has 1 heterocycles. The topological polar surface area (TPSA) is 91.8 Å². The number of carboxylic acid groups (broad SMARTS) is 1. The van der Waals surface area contributed by atoms with E-state index in [1.807, 2.05) is 0 Å². The van der Waals surface area contributed by atoms with Crippen LogP contribution in [0.2, 0.25) is 0 Å². The maximum Gasteiger partial charge on any atom is 0.306 e. The third-order valence-electron chi connectivity index (χ3n) is 2.45. The molecule has 0 unspecified atom stereocenters. The molecule has 1 aromatic heterocycles. The first kappa shape index (κ1) is 8.15. The molecule has 1 aliphatic rings. The van der Waals surface area contributed by atoms with Crippen LogP contribution < -0.4 is 0 Å². The fourth-order valence-corrected chi connectivity index (χ4v) is 1.63. The average Bonchev–Trinajstić information content (AvgIpc) is 2.46. The van der Waals surface area contributed by atoms with Gasteiger partial charge in [0.1, 0.15) is 0 Å². The minimum atomic E-state index is -0.690. The molecule has 1 fully saturated rings. The Hall–Kier alpha value is -1.46. The number of H-pyrrole nitrogens is 1. The Labute approximate surface area is 74.3 Å². The Kier molecular flexibility index (Phi) is 1.96. The van der Waals surface area contributed by atoms with Crippen LogP contribution in [0.3, 0.4) is 0 Å². The van der Waals surface area contributed by atoms with Gasteiger partial charge >= 0.3 is 5.97 Å². The van der Waals surface area contributed by atoms with E-state index in [0.29, 0.717) is 11.7 Å². The van der Waals surface area contributed by atoms with E-state index in [1.165, 1.54) is 0 Å². The van der Waals surface area contributed by atoms with Crippen LogP contribution in [0, 0.1) is 11.8 Å². The van der Waals surface area contributed by atoms with Gasteiger partial charge in [-0.05, 0) is 18.8 Å². The van der Waals surface area contributed by atoms with Crippen LogP contribution in [0.5, 0.6) is 0 Å². The van der Waals surface area contributed by atoms with E-state index in [2.05, 4.69) is 20.6 Å². The van der Waals surface area contributed by atoms with Crippen LogP contribution in [0.25, 0.3) is 0 Å². The van der Waals surface area contributed by atoms with Gasteiger partial charge in [-0.1, -0.05) is 5.21 Å². The minimum Gasteiger partial charge on any atom is -0.481 e. The van der Waals surface area contributed by atoms with Gasteiger partial charge in [0.25, 0.3) is 0 Å². The molecular weight excluding hydrogens is 172 g/mol. The van der Waals surface area contributed by atoms with Gasteiger partial charge in [0.2, 0.25) is 0 Å². The second-order valence-corrected chi connectivity index (χ2v) is 3.40. The summed E-state index contributed by atoms with van der Waals surface area (Å²) in [6.45, 7) is 0. The summed E-state index contributed by atoms with van der Waals surface area (Å²) in [6, 6.07) is 0. The SMILES string of the molecule is O=C(O)C1CC(Cc2nn[nH]n2)C1. The van der Waals surface area contributed by atoms with Gasteiger partial charge in [-0.25, -0.2) is 0 Å². The summed E-state index contributed by atoms with van der Waals surface area (Å²) in [5, 5.41) is 22.1. The number of aliphatic carboxylic acids is 1. The minimum absolute atomic E-state index is 0.156. The fourth-order valence-electron chi connectivity index (χ4n) is 1.63. The van der Waals surface area contributed by atoms with E-state index in [4.69, 9.17) is 5.11 Å². The van der Waals surface area contributed by atoms with Crippen molar-refractivity contribution in [3.8, 4) is 0 Å². The molecule has 13 heavy (non-hydrogen) atoms. The van der Waals surface area contributed by atoms with Crippen molar-refractivity contribution in [2.45, 2.75) is 19.3 Å². The molecule has 0 saturated heterocycles. The molecule has 6 nitrogen and oxygen atoms in total. The van der Waals surface area contributed by atoms with Crippen LogP contribution in [0.15, 0.2) is 0 Å². The molecule has 70 valence electrons. The number of rotatable bonds is 3. The predicted octanol–water partition coefficient (Wildman–Crippen LogP) is -0.147. The molecule has 0 bridgehead atoms. The number of aromatic nitrogens is 4. The van der Waals surface area contributed by atoms with Gasteiger partial charge in [0, 0.05) is 6.42 Å². The van der Waals surface area contributed by atoms with Crippen molar-refractivity contribution >= 4 is 5.97 Å². The van der Waals surface area contributed by atoms with Gasteiger partial charge < -0.3 is 5.11 Å². The van der Waals surface area contributed by atoms with E-state index in [9.17, 15) is 4.79 Å². The summed E-state index contributed by atoms with van der Waals surface area (Å²) in [5.41, 5.74) is 0. The van der Waals surface area contributed by atoms with Crippen molar-refractivity contribution in [1.82, 2.24) is 20.6 Å². The Morgan fingerprint density at radius 3 is 2.92 bits per heavy atom. The zero-order chi connectivity index (χ0) is 9.26. The summed E-state index contributed by atoms with van der Waals surface area (Å²) in [5.74, 6) is 0.244. The third-order valence-corrected chi connectivity index (χ3v) is 2.45. The first-order valence-corrected chi connectivity index (χ1v) is 4.21. The number of carbonyl (C=O) groups is 1. The van der Waals surface area contributed by atoms with E-state index in [1.54, 1.807) is 0 Å². The predicted molar refractivity (Wildman–Crippen MR) is 41.7 cm³/mol. The molecule has 0 atom stereocenters. The highest BCUT2D eigenvalue weighted by Gasteiger charge is 2.34. The molecule has 1 aliphatic carbocycles. The van der Waals surface area contributed by atoms with Crippen molar-refractivity contribution in [2.75, 3.05) is 0 Å². The molecule has 0 amide bonds. The molecule has 0 radical (unpaired) electrons. The number of hydrogen-bond donors (Lipinski definition) is 2. The van der Waals surface area contributed by atoms with Crippen LogP contribution in [-0.2, 0) is 11.2 Å². The second-order valence-electron chi connectivity index (χ2n) is 3.40. The number of aromatic amines is 1. The summed E-state index contributed by atoms with van der Waals surface area (Å²) in [7, 11) is 0. The zero-order valence-corrected chi connectivity index (χ0v) is 6.97. The van der Waals surface area contributed by atoms with Crippen LogP contribution in [0.1, 0.15) is 18.7 Å². The molecular formula is C7H10N4O2. The van der Waals surface area contributed by atoms with Gasteiger partial charge in [0.05, 0.1) is 5.92 Å². The summed E-state index contributed by atoms with van der Waals surface area (Å²) < 4.78 is 0. The molecule has 0 aliphatic heterocycles. The van der Waals surface area contributed by atoms with Crippen LogP contribution in [-0.4, -0.2) is 31.7 Å². The van der Waals surface area contributed by atoms with Crippen LogP contribution in [0.4, 0.5) is 0 Å². The van der Waals surface area contributed by atoms with E-state index < -0.39 is 5.97 Å². The highest BCUT2D eigenvalue weighted by molar-refractivity contribution is 5.71. The lowest BCUT2D eigenvalue weighted by Crippen LogP contribution is -2.31. The normalized spacial score (nSPS) is 26.8. The summed E-state index contributed by atoms with van der Waals surface area (Å²) in [4.78, 5) is 10.5. The van der Waals surface area contributed by atoms with Crippen molar-refractivity contribution in [2.24, 2.45) is 11.8 Å². The number of carboxylic acids is 1. The Morgan fingerprint density at radius 1 is 1.62 bits per heavy atom. The number of hydrogen-bond acceptors (Lipinski definition) is 4. The van der Waals surface area contributed by atoms with Crippen molar-refractivity contribution in [3.63, 3.8) is 0 Å². The van der Waals surface area contributed by atoms with Crippen molar-refractivity contribution in [1.29, 1.82) is 0 Å². The number of tetrazole rings is 1. The lowest BCUT2D eigenvalue weighted by atomic mass is 9.73. The van der Waals surface area contributed by atoms with E-state index in [-0.39, 0.29) is 5.92 Å². The lowest BCUT2D eigenvalue weighted by Gasteiger charge is -2.31. The van der Waals surface area contributed by atoms with E-state index >= 15 is 0 Å². The molecule has 1 aromatic rings. The fraction of sp³-hybridized carbons (Fsp3) is 0.714. The van der Waals surface area contributed by atoms with Gasteiger partial charge in [-0.2, -0.15) is 5.21 Å². The largest absolute Gasteiger partial charge is 0.481 e. The van der Waals surface area contributed by atoms with Crippen molar-refractivity contribution < 1.29 is 9.90 Å². The highest BCUT2D eigenvalue weighted by Crippen LogP contribution is 2.35. The van der Waals surface area contributed by atoms with E-state index in [0.717, 1.165) is 19.3 Å². The molecule has 2 N–H and O–H groups in total. The monoisotopic (exact) mass is 182 g/mol.